The molecule has 2 rings (SSSR count). The van der Waals surface area contributed by atoms with E-state index in [1.807, 2.05) is 17.6 Å². The molecule has 31 nitrogen and oxygen atoms in total. The van der Waals surface area contributed by atoms with E-state index in [4.69, 9.17) is 39.3 Å². The molecule has 1 aliphatic rings. The third-order valence-electron chi connectivity index (χ3n) is 12.6. The number of guanidine groups is 1. The molecule has 22 N–H and O–H groups in total. The van der Waals surface area contributed by atoms with Crippen LogP contribution in [0.25, 0.3) is 0 Å². The number of unbranched alkanes of at least 4 members (excludes halogenated alkanes) is 4. The number of cyclic esters (lactones) is 1. The number of rotatable bonds is 24. The molecular formula is C51H81ClN14O17. The Morgan fingerprint density at radius 2 is 1.28 bits per heavy atom. The van der Waals surface area contributed by atoms with E-state index < -0.39 is 163 Å². The number of halogens is 1. The molecule has 83 heavy (non-hydrogen) atoms. The van der Waals surface area contributed by atoms with Gasteiger partial charge >= 0.3 is 11.9 Å². The lowest BCUT2D eigenvalue weighted by Crippen LogP contribution is -2.62. The number of nitrogens with zero attached hydrogens (tertiary/aromatic N) is 1. The number of aliphatic carboxylic acids is 1. The van der Waals surface area contributed by atoms with Gasteiger partial charge in [0.1, 0.15) is 54.6 Å². The van der Waals surface area contributed by atoms with Gasteiger partial charge in [-0.2, -0.15) is 0 Å². The van der Waals surface area contributed by atoms with Gasteiger partial charge in [-0.3, -0.25) is 48.1 Å². The molecule has 1 heterocycles. The van der Waals surface area contributed by atoms with Gasteiger partial charge in [0.25, 0.3) is 5.91 Å². The molecule has 0 bridgehead atoms. The Hall–Kier alpha value is -7.55. The smallest absolute Gasteiger partial charge is 0.335 e. The van der Waals surface area contributed by atoms with E-state index >= 15 is 0 Å². The molecule has 0 aliphatic carbocycles. The van der Waals surface area contributed by atoms with Crippen LogP contribution in [-0.4, -0.2) is 202 Å². The highest BCUT2D eigenvalue weighted by molar-refractivity contribution is 6.18. The summed E-state index contributed by atoms with van der Waals surface area (Å²) in [5.74, 6) is -15.6. The summed E-state index contributed by atoms with van der Waals surface area (Å²) in [5.41, 5.74) is 22.4. The Labute approximate surface area is 484 Å². The van der Waals surface area contributed by atoms with Crippen molar-refractivity contribution in [3.63, 3.8) is 0 Å². The van der Waals surface area contributed by atoms with Gasteiger partial charge in [0.15, 0.2) is 18.1 Å². The zero-order valence-electron chi connectivity index (χ0n) is 46.3. The van der Waals surface area contributed by atoms with Crippen LogP contribution in [-0.2, 0) is 63.9 Å². The first kappa shape index (κ1) is 71.6. The van der Waals surface area contributed by atoms with Crippen molar-refractivity contribution in [3.8, 4) is 0 Å². The SMILES string of the molecule is C/C=C1\NC(=O)C(Cc2ccccc2)NC(=O)C(CCCN=C(N)N)NC(=O)C(CCN)NC(=O)C(CCN)NC(=O)C(CO)NC(=O)C(NC(=O)CC(O)CCCCCCC)COC(=O)C(C(O)CCl)NC(=O)C(C(O)C(=O)O)NC1=O. The maximum atomic E-state index is 14.3. The van der Waals surface area contributed by atoms with Crippen molar-refractivity contribution < 1.29 is 83.0 Å². The first-order valence-electron chi connectivity index (χ1n) is 26.9. The number of benzene rings is 1. The summed E-state index contributed by atoms with van der Waals surface area (Å²) in [5, 5.41) is 72.9. The molecule has 1 aromatic carbocycles. The lowest BCUT2D eigenvalue weighted by atomic mass is 10.0. The standard InChI is InChI=1S/C51H81ClN14O17/c1-3-5-6-7-11-15-28(68)23-37(70)58-35-26-83-50(82)38(36(69)24-52)65-48(79)39(40(71)49(80)81)66-41(72)29(4-2)59-45(76)33(22-27-13-9-8-10-14-27)63-42(73)30(16-12-21-57-51(55)56)60-43(74)31(17-19-53)61-44(75)32(18-20-54)62-46(77)34(25-67)64-47(35)78/h4,8-10,13-14,28,30-36,38-40,67-69,71H,3,5-7,11-12,15-26,53-54H2,1-2H3,(H,58,70)(H,59,76)(H,60,74)(H,61,75)(H,62,77)(H,63,73)(H,64,78)(H,65,79)(H,66,72)(H,80,81)(H4,55,56,57)/b29-4-. The monoisotopic (exact) mass is 1200 g/mol. The van der Waals surface area contributed by atoms with Gasteiger partial charge in [-0.05, 0) is 57.7 Å². The van der Waals surface area contributed by atoms with Gasteiger partial charge in [0, 0.05) is 13.0 Å². The van der Waals surface area contributed by atoms with E-state index in [1.54, 1.807) is 30.3 Å². The summed E-state index contributed by atoms with van der Waals surface area (Å²) in [6, 6.07) is -6.93. The van der Waals surface area contributed by atoms with Gasteiger partial charge < -0.3 is 101 Å². The Morgan fingerprint density at radius 3 is 1.81 bits per heavy atom. The molecule has 32 heteroatoms. The normalized spacial score (nSPS) is 24.0. The third-order valence-corrected chi connectivity index (χ3v) is 12.9. The van der Waals surface area contributed by atoms with Crippen molar-refractivity contribution in [2.45, 2.75) is 158 Å². The number of carbonyl (C=O) groups is 11. The molecule has 1 aromatic rings. The number of aliphatic hydroxyl groups excluding tert-OH is 4. The highest BCUT2D eigenvalue weighted by Gasteiger charge is 2.40. The molecule has 11 unspecified atom stereocenters. The van der Waals surface area contributed by atoms with E-state index in [0.29, 0.717) is 12.0 Å². The van der Waals surface area contributed by atoms with Crippen LogP contribution >= 0.6 is 11.6 Å². The number of nitrogens with one attached hydrogen (secondary N) is 9. The first-order valence-corrected chi connectivity index (χ1v) is 27.5. The van der Waals surface area contributed by atoms with Gasteiger partial charge in [-0.25, -0.2) is 9.59 Å². The summed E-state index contributed by atoms with van der Waals surface area (Å²) in [6.07, 6.45) is -2.48. The van der Waals surface area contributed by atoms with Crippen molar-refractivity contribution in [3.05, 3.63) is 47.7 Å². The number of carbonyl (C=O) groups excluding carboxylic acids is 10. The van der Waals surface area contributed by atoms with Crippen LogP contribution in [0.2, 0.25) is 0 Å². The zero-order valence-corrected chi connectivity index (χ0v) is 47.1. The maximum absolute atomic E-state index is 14.3. The second kappa shape index (κ2) is 38.3. The highest BCUT2D eigenvalue weighted by atomic mass is 35.5. The number of carboxylic acid groups (broad SMARTS) is 1. The summed E-state index contributed by atoms with van der Waals surface area (Å²) in [4.78, 5) is 155. The van der Waals surface area contributed by atoms with E-state index in [9.17, 15) is 78.3 Å². The van der Waals surface area contributed by atoms with Crippen molar-refractivity contribution in [2.75, 3.05) is 38.7 Å². The van der Waals surface area contributed by atoms with Crippen LogP contribution in [0.15, 0.2) is 47.1 Å². The summed E-state index contributed by atoms with van der Waals surface area (Å²) < 4.78 is 5.26. The van der Waals surface area contributed by atoms with Crippen LogP contribution in [0.4, 0.5) is 0 Å². The average molecular weight is 1200 g/mol. The quantitative estimate of drug-likeness (QED) is 0.0114. The number of allylic oxidation sites excluding steroid dienone is 1. The molecule has 464 valence electrons. The van der Waals surface area contributed by atoms with Gasteiger partial charge in [-0.1, -0.05) is 75.4 Å². The number of alkyl halides is 1. The number of amides is 9. The van der Waals surface area contributed by atoms with Crippen LogP contribution < -0.4 is 70.8 Å². The summed E-state index contributed by atoms with van der Waals surface area (Å²) >= 11 is 5.87. The molecule has 0 radical (unpaired) electrons. The number of nitrogens with two attached hydrogens (primary N) is 4. The number of carboxylic acids is 1. The van der Waals surface area contributed by atoms with Crippen LogP contribution in [0, 0.1) is 0 Å². The fourth-order valence-electron chi connectivity index (χ4n) is 8.02. The number of esters is 1. The summed E-state index contributed by atoms with van der Waals surface area (Å²) in [6.45, 7) is 0.347. The van der Waals surface area contributed by atoms with Gasteiger partial charge in [0.2, 0.25) is 47.3 Å². The van der Waals surface area contributed by atoms with Crippen LogP contribution in [0.5, 0.6) is 0 Å². The fraction of sp³-hybridized carbons (Fsp3) is 0.608. The lowest BCUT2D eigenvalue weighted by molar-refractivity contribution is -0.155. The van der Waals surface area contributed by atoms with Gasteiger partial charge in [-0.15, -0.1) is 11.6 Å². The largest absolute Gasteiger partial charge is 0.479 e. The zero-order chi connectivity index (χ0) is 62.2. The number of aliphatic hydroxyl groups is 4. The number of hydrogen-bond donors (Lipinski definition) is 18. The van der Waals surface area contributed by atoms with Gasteiger partial charge in [0.05, 0.1) is 31.1 Å². The van der Waals surface area contributed by atoms with E-state index in [-0.39, 0.29) is 64.1 Å². The highest BCUT2D eigenvalue weighted by Crippen LogP contribution is 2.12. The number of aliphatic imine (C=N–C) groups is 1. The molecule has 11 atom stereocenters. The minimum atomic E-state index is -2.81. The van der Waals surface area contributed by atoms with E-state index in [0.717, 1.165) is 31.8 Å². The maximum Gasteiger partial charge on any atom is 0.335 e. The second-order valence-corrected chi connectivity index (χ2v) is 19.5. The topological polar surface area (TPSA) is 523 Å². The Kier molecular flexibility index (Phi) is 33.0. The molecule has 0 saturated carbocycles. The molecular weight excluding hydrogens is 1120 g/mol. The second-order valence-electron chi connectivity index (χ2n) is 19.2. The minimum Gasteiger partial charge on any atom is -0.479 e. The van der Waals surface area contributed by atoms with E-state index in [2.05, 4.69) is 42.2 Å². The average Bonchev–Trinajstić information content (AvgIpc) is 3.52. The first-order chi connectivity index (χ1) is 39.4. The molecule has 1 saturated heterocycles. The predicted octanol–water partition coefficient (Wildman–Crippen LogP) is -6.42. The van der Waals surface area contributed by atoms with Crippen molar-refractivity contribution in [1.29, 1.82) is 0 Å². The fourth-order valence-corrected chi connectivity index (χ4v) is 8.20. The lowest BCUT2D eigenvalue weighted by Gasteiger charge is -2.28. The van der Waals surface area contributed by atoms with Crippen LogP contribution in [0.3, 0.4) is 0 Å². The molecule has 1 aliphatic heterocycles. The molecule has 9 amide bonds. The molecule has 0 aromatic heterocycles. The summed E-state index contributed by atoms with van der Waals surface area (Å²) in [7, 11) is 0. The third kappa shape index (κ3) is 25.6. The Balaban J connectivity index is 2.84. The number of ether oxygens (including phenoxy) is 1. The molecule has 1 fully saturated rings. The Bertz CT molecular complexity index is 2400. The van der Waals surface area contributed by atoms with Crippen LogP contribution in [0.1, 0.15) is 90.0 Å². The molecule has 0 spiro atoms. The minimum absolute atomic E-state index is 0.0367. The van der Waals surface area contributed by atoms with Crippen molar-refractivity contribution >= 4 is 82.7 Å². The van der Waals surface area contributed by atoms with Crippen molar-refractivity contribution in [1.82, 2.24) is 47.9 Å². The number of hydrogen-bond acceptors (Lipinski definition) is 19. The Morgan fingerprint density at radius 1 is 0.723 bits per heavy atom. The van der Waals surface area contributed by atoms with E-state index in [1.165, 1.54) is 6.92 Å². The predicted molar refractivity (Wildman–Crippen MR) is 297 cm³/mol. The van der Waals surface area contributed by atoms with Crippen molar-refractivity contribution in [2.24, 2.45) is 27.9 Å².